The highest BCUT2D eigenvalue weighted by molar-refractivity contribution is 5.34. The van der Waals surface area contributed by atoms with E-state index in [1.165, 1.54) is 12.7 Å². The fraction of sp³-hybridized carbons (Fsp3) is 0.438. The van der Waals surface area contributed by atoms with Gasteiger partial charge in [-0.15, -0.1) is 5.10 Å². The van der Waals surface area contributed by atoms with Gasteiger partial charge in [-0.1, -0.05) is 24.6 Å². The maximum absolute atomic E-state index is 10.1. The second-order valence-electron chi connectivity index (χ2n) is 5.15. The zero-order chi connectivity index (χ0) is 15.9. The van der Waals surface area contributed by atoms with Gasteiger partial charge in [0.25, 0.3) is 0 Å². The average molecular weight is 305 g/mol. The summed E-state index contributed by atoms with van der Waals surface area (Å²) in [6.45, 7) is 4.16. The molecular formula is C16H23N3O3. The molecule has 0 radical (unpaired) electrons. The standard InChI is InChI=1S/C16H23N3O3/c1-4-14(18-21-3)15(20)11-22-16-9-10-19(17-16)13-7-5-12(2)6-8-13/h5-10,14-15,18,20H,4,11H2,1-3H3/t14-,15-/m1/s1. The number of hydrogen-bond donors (Lipinski definition) is 2. The molecular weight excluding hydrogens is 282 g/mol. The molecule has 1 heterocycles. The molecule has 0 bridgehead atoms. The molecule has 2 aromatic rings. The molecule has 1 aromatic heterocycles. The Hall–Kier alpha value is -1.89. The van der Waals surface area contributed by atoms with Crippen LogP contribution in [0, 0.1) is 6.92 Å². The molecule has 2 atom stereocenters. The van der Waals surface area contributed by atoms with Gasteiger partial charge in [0.2, 0.25) is 5.88 Å². The van der Waals surface area contributed by atoms with Gasteiger partial charge in [0.1, 0.15) is 12.7 Å². The lowest BCUT2D eigenvalue weighted by atomic mass is 10.1. The van der Waals surface area contributed by atoms with Crippen molar-refractivity contribution in [2.45, 2.75) is 32.4 Å². The predicted molar refractivity (Wildman–Crippen MR) is 84.0 cm³/mol. The topological polar surface area (TPSA) is 68.5 Å². The summed E-state index contributed by atoms with van der Waals surface area (Å²) in [4.78, 5) is 4.85. The van der Waals surface area contributed by atoms with Crippen LogP contribution in [0.3, 0.4) is 0 Å². The van der Waals surface area contributed by atoms with Crippen molar-refractivity contribution in [3.05, 3.63) is 42.1 Å². The van der Waals surface area contributed by atoms with E-state index in [4.69, 9.17) is 9.57 Å². The molecule has 0 aliphatic heterocycles. The summed E-state index contributed by atoms with van der Waals surface area (Å²) < 4.78 is 7.29. The maximum Gasteiger partial charge on any atom is 0.233 e. The minimum Gasteiger partial charge on any atom is -0.474 e. The Bertz CT molecular complexity index is 568. The van der Waals surface area contributed by atoms with Gasteiger partial charge in [0, 0.05) is 12.3 Å². The van der Waals surface area contributed by atoms with Crippen molar-refractivity contribution in [1.29, 1.82) is 0 Å². The summed E-state index contributed by atoms with van der Waals surface area (Å²) in [5, 5.41) is 14.4. The zero-order valence-corrected chi connectivity index (χ0v) is 13.2. The summed E-state index contributed by atoms with van der Waals surface area (Å²) >= 11 is 0. The summed E-state index contributed by atoms with van der Waals surface area (Å²) in [6, 6.07) is 9.65. The van der Waals surface area contributed by atoms with Gasteiger partial charge in [0.15, 0.2) is 0 Å². The van der Waals surface area contributed by atoms with Crippen LogP contribution in [-0.2, 0) is 4.84 Å². The number of rotatable bonds is 8. The third kappa shape index (κ3) is 4.30. The average Bonchev–Trinajstić information content (AvgIpc) is 3.00. The fourth-order valence-corrected chi connectivity index (χ4v) is 2.10. The summed E-state index contributed by atoms with van der Waals surface area (Å²) in [5.74, 6) is 0.479. The number of nitrogens with one attached hydrogen (secondary N) is 1. The van der Waals surface area contributed by atoms with Crippen molar-refractivity contribution in [3.8, 4) is 11.6 Å². The maximum atomic E-state index is 10.1. The van der Waals surface area contributed by atoms with Crippen LogP contribution in [0.4, 0.5) is 0 Å². The van der Waals surface area contributed by atoms with Crippen LogP contribution in [0.2, 0.25) is 0 Å². The molecule has 2 N–H and O–H groups in total. The third-order valence-electron chi connectivity index (χ3n) is 3.44. The number of aryl methyl sites for hydroxylation is 1. The van der Waals surface area contributed by atoms with E-state index < -0.39 is 6.10 Å². The Balaban J connectivity index is 1.93. The number of hydroxylamine groups is 1. The van der Waals surface area contributed by atoms with Crippen molar-refractivity contribution < 1.29 is 14.7 Å². The normalized spacial score (nSPS) is 13.8. The second-order valence-corrected chi connectivity index (χ2v) is 5.15. The SMILES string of the molecule is CC[C@@H](NOC)[C@H](O)COc1ccn(-c2ccc(C)cc2)n1. The van der Waals surface area contributed by atoms with Gasteiger partial charge in [-0.2, -0.15) is 5.48 Å². The summed E-state index contributed by atoms with van der Waals surface area (Å²) in [7, 11) is 1.53. The van der Waals surface area contributed by atoms with Crippen LogP contribution in [0.25, 0.3) is 5.69 Å². The fourth-order valence-electron chi connectivity index (χ4n) is 2.10. The van der Waals surface area contributed by atoms with Crippen molar-refractivity contribution in [1.82, 2.24) is 15.3 Å². The van der Waals surface area contributed by atoms with Gasteiger partial charge in [-0.3, -0.25) is 0 Å². The molecule has 1 aromatic carbocycles. The number of benzene rings is 1. The first-order valence-corrected chi connectivity index (χ1v) is 7.36. The molecule has 6 nitrogen and oxygen atoms in total. The van der Waals surface area contributed by atoms with E-state index in [-0.39, 0.29) is 12.6 Å². The third-order valence-corrected chi connectivity index (χ3v) is 3.44. The first-order chi connectivity index (χ1) is 10.6. The van der Waals surface area contributed by atoms with E-state index in [9.17, 15) is 5.11 Å². The van der Waals surface area contributed by atoms with E-state index in [1.807, 2.05) is 44.3 Å². The second kappa shape index (κ2) is 7.93. The van der Waals surface area contributed by atoms with Gasteiger partial charge in [-0.05, 0) is 25.5 Å². The highest BCUT2D eigenvalue weighted by Crippen LogP contribution is 2.13. The molecule has 0 saturated heterocycles. The minimum atomic E-state index is -0.672. The first kappa shape index (κ1) is 16.5. The largest absolute Gasteiger partial charge is 0.474 e. The van der Waals surface area contributed by atoms with Crippen LogP contribution in [0.15, 0.2) is 36.5 Å². The quantitative estimate of drug-likeness (QED) is 0.729. The van der Waals surface area contributed by atoms with Crippen molar-refractivity contribution in [2.75, 3.05) is 13.7 Å². The lowest BCUT2D eigenvalue weighted by molar-refractivity contribution is -0.0119. The lowest BCUT2D eigenvalue weighted by Gasteiger charge is -2.21. The van der Waals surface area contributed by atoms with E-state index in [1.54, 1.807) is 10.7 Å². The highest BCUT2D eigenvalue weighted by atomic mass is 16.6. The van der Waals surface area contributed by atoms with Crippen LogP contribution in [0.1, 0.15) is 18.9 Å². The number of aromatic nitrogens is 2. The Kier molecular flexibility index (Phi) is 5.94. The van der Waals surface area contributed by atoms with E-state index >= 15 is 0 Å². The highest BCUT2D eigenvalue weighted by Gasteiger charge is 2.18. The first-order valence-electron chi connectivity index (χ1n) is 7.36. The Morgan fingerprint density at radius 2 is 2.00 bits per heavy atom. The number of aliphatic hydroxyl groups excluding tert-OH is 1. The molecule has 0 fully saturated rings. The zero-order valence-electron chi connectivity index (χ0n) is 13.2. The van der Waals surface area contributed by atoms with E-state index in [0.29, 0.717) is 5.88 Å². The molecule has 120 valence electrons. The summed E-state index contributed by atoms with van der Waals surface area (Å²) in [6.07, 6.45) is 1.89. The monoisotopic (exact) mass is 305 g/mol. The van der Waals surface area contributed by atoms with Gasteiger partial charge in [0.05, 0.1) is 18.8 Å². The molecule has 2 rings (SSSR count). The van der Waals surface area contributed by atoms with Crippen LogP contribution in [-0.4, -0.2) is 40.7 Å². The minimum absolute atomic E-state index is 0.153. The van der Waals surface area contributed by atoms with Crippen molar-refractivity contribution in [3.63, 3.8) is 0 Å². The van der Waals surface area contributed by atoms with Crippen molar-refractivity contribution >= 4 is 0 Å². The van der Waals surface area contributed by atoms with Gasteiger partial charge in [-0.25, -0.2) is 4.68 Å². The number of ether oxygens (including phenoxy) is 1. The Morgan fingerprint density at radius 3 is 2.64 bits per heavy atom. The van der Waals surface area contributed by atoms with E-state index in [0.717, 1.165) is 12.1 Å². The van der Waals surface area contributed by atoms with Crippen LogP contribution in [0.5, 0.6) is 5.88 Å². The molecule has 0 saturated carbocycles. The molecule has 6 heteroatoms. The van der Waals surface area contributed by atoms with Crippen LogP contribution < -0.4 is 10.2 Å². The van der Waals surface area contributed by atoms with E-state index in [2.05, 4.69) is 10.6 Å². The molecule has 0 aliphatic rings. The number of aliphatic hydroxyl groups is 1. The van der Waals surface area contributed by atoms with Gasteiger partial charge >= 0.3 is 0 Å². The van der Waals surface area contributed by atoms with Gasteiger partial charge < -0.3 is 14.7 Å². The molecule has 22 heavy (non-hydrogen) atoms. The summed E-state index contributed by atoms with van der Waals surface area (Å²) in [5.41, 5.74) is 4.92. The molecule has 0 spiro atoms. The smallest absolute Gasteiger partial charge is 0.233 e. The number of hydrogen-bond acceptors (Lipinski definition) is 5. The Morgan fingerprint density at radius 1 is 1.27 bits per heavy atom. The predicted octanol–water partition coefficient (Wildman–Crippen LogP) is 1.85. The van der Waals surface area contributed by atoms with Crippen LogP contribution >= 0.6 is 0 Å². The lowest BCUT2D eigenvalue weighted by Crippen LogP contribution is -2.42. The molecule has 0 amide bonds. The number of nitrogens with zero attached hydrogens (tertiary/aromatic N) is 2. The molecule has 0 unspecified atom stereocenters. The molecule has 0 aliphatic carbocycles. The Labute approximate surface area is 130 Å². The van der Waals surface area contributed by atoms with Crippen molar-refractivity contribution in [2.24, 2.45) is 0 Å².